The minimum absolute atomic E-state index is 0.0649. The van der Waals surface area contributed by atoms with E-state index in [9.17, 15) is 4.39 Å². The van der Waals surface area contributed by atoms with E-state index in [0.717, 1.165) is 0 Å². The molecule has 2 N–H and O–H groups in total. The van der Waals surface area contributed by atoms with Crippen molar-refractivity contribution in [3.8, 4) is 0 Å². The van der Waals surface area contributed by atoms with Crippen LogP contribution in [0, 0.1) is 5.82 Å². The van der Waals surface area contributed by atoms with Crippen molar-refractivity contribution >= 4 is 45.1 Å². The molecule has 0 saturated carbocycles. The van der Waals surface area contributed by atoms with Crippen LogP contribution in [0.25, 0.3) is 0 Å². The number of aromatic nitrogens is 3. The monoisotopic (exact) mass is 331 g/mol. The predicted molar refractivity (Wildman–Crippen MR) is 71.8 cm³/mol. The molecule has 0 aliphatic carbocycles. The highest BCUT2D eigenvalue weighted by Crippen LogP contribution is 2.25. The number of rotatable bonds is 3. The Morgan fingerprint density at radius 3 is 2.61 bits per heavy atom. The van der Waals surface area contributed by atoms with Gasteiger partial charge in [-0.25, -0.2) is 4.39 Å². The molecule has 1 aromatic carbocycles. The van der Waals surface area contributed by atoms with Crippen molar-refractivity contribution in [1.82, 2.24) is 15.0 Å². The lowest BCUT2D eigenvalue weighted by Crippen LogP contribution is -2.04. The van der Waals surface area contributed by atoms with Crippen LogP contribution in [0.4, 0.5) is 22.0 Å². The topological polar surface area (TPSA) is 62.7 Å². The van der Waals surface area contributed by atoms with Gasteiger partial charge in [-0.05, 0) is 45.7 Å². The van der Waals surface area contributed by atoms with Gasteiger partial charge >= 0.3 is 0 Å². The third-order valence-electron chi connectivity index (χ3n) is 2.01. The average Bonchev–Trinajstić information content (AvgIpc) is 2.32. The molecule has 0 aliphatic heterocycles. The van der Waals surface area contributed by atoms with E-state index in [0.29, 0.717) is 16.1 Å². The number of halogens is 3. The van der Waals surface area contributed by atoms with Crippen LogP contribution >= 0.6 is 27.5 Å². The van der Waals surface area contributed by atoms with Crippen molar-refractivity contribution in [2.24, 2.45) is 0 Å². The lowest BCUT2D eigenvalue weighted by molar-refractivity contribution is 0.627. The Morgan fingerprint density at radius 1 is 1.22 bits per heavy atom. The molecule has 2 aromatic rings. The van der Waals surface area contributed by atoms with Crippen LogP contribution in [0.1, 0.15) is 0 Å². The molecule has 0 amide bonds. The van der Waals surface area contributed by atoms with Crippen molar-refractivity contribution in [2.45, 2.75) is 0 Å². The Labute approximate surface area is 116 Å². The maximum Gasteiger partial charge on any atom is 0.233 e. The molecular weight excluding hydrogens is 324 g/mol. The summed E-state index contributed by atoms with van der Waals surface area (Å²) in [7, 11) is 1.67. The highest BCUT2D eigenvalue weighted by atomic mass is 79.9. The van der Waals surface area contributed by atoms with E-state index in [1.807, 2.05) is 0 Å². The molecule has 0 bridgehead atoms. The standard InChI is InChI=1S/C10H8BrClFN5/c1-14-9-16-8(12)17-10(18-9)15-7-3-2-5(13)4-6(7)11/h2-4H,1H3,(H2,14,15,16,17,18). The van der Waals surface area contributed by atoms with E-state index in [1.54, 1.807) is 13.1 Å². The lowest BCUT2D eigenvalue weighted by Gasteiger charge is -2.08. The average molecular weight is 333 g/mol. The zero-order valence-corrected chi connectivity index (χ0v) is 11.5. The SMILES string of the molecule is CNc1nc(Cl)nc(Nc2ccc(F)cc2Br)n1. The number of hydrogen-bond donors (Lipinski definition) is 2. The normalized spacial score (nSPS) is 10.2. The number of anilines is 3. The highest BCUT2D eigenvalue weighted by molar-refractivity contribution is 9.10. The third-order valence-corrected chi connectivity index (χ3v) is 2.83. The molecule has 0 spiro atoms. The molecule has 0 atom stereocenters. The first-order chi connectivity index (χ1) is 8.58. The van der Waals surface area contributed by atoms with Crippen LogP contribution in [0.2, 0.25) is 5.28 Å². The van der Waals surface area contributed by atoms with Crippen molar-refractivity contribution in [3.63, 3.8) is 0 Å². The van der Waals surface area contributed by atoms with Crippen molar-refractivity contribution in [1.29, 1.82) is 0 Å². The minimum Gasteiger partial charge on any atom is -0.357 e. The van der Waals surface area contributed by atoms with Crippen molar-refractivity contribution in [3.05, 3.63) is 33.8 Å². The van der Waals surface area contributed by atoms with E-state index in [-0.39, 0.29) is 17.0 Å². The molecule has 8 heteroatoms. The molecule has 1 aromatic heterocycles. The molecule has 0 fully saturated rings. The van der Waals surface area contributed by atoms with Gasteiger partial charge in [-0.1, -0.05) is 0 Å². The smallest absolute Gasteiger partial charge is 0.233 e. The summed E-state index contributed by atoms with van der Waals surface area (Å²) >= 11 is 8.98. The van der Waals surface area contributed by atoms with Crippen LogP contribution in [-0.4, -0.2) is 22.0 Å². The number of hydrogen-bond acceptors (Lipinski definition) is 5. The summed E-state index contributed by atoms with van der Waals surface area (Å²) < 4.78 is 13.5. The van der Waals surface area contributed by atoms with Crippen molar-refractivity contribution in [2.75, 3.05) is 17.7 Å². The van der Waals surface area contributed by atoms with Gasteiger partial charge in [0, 0.05) is 11.5 Å². The summed E-state index contributed by atoms with van der Waals surface area (Å²) in [6.45, 7) is 0. The molecule has 0 saturated heterocycles. The Bertz CT molecular complexity index is 580. The van der Waals surface area contributed by atoms with Gasteiger partial charge < -0.3 is 10.6 Å². The Hall–Kier alpha value is -1.47. The van der Waals surface area contributed by atoms with Gasteiger partial charge in [0.05, 0.1) is 5.69 Å². The second kappa shape index (κ2) is 5.45. The minimum atomic E-state index is -0.336. The predicted octanol–water partition coefficient (Wildman–Crippen LogP) is 3.21. The van der Waals surface area contributed by atoms with Crippen LogP contribution < -0.4 is 10.6 Å². The van der Waals surface area contributed by atoms with E-state index in [2.05, 4.69) is 41.5 Å². The summed E-state index contributed by atoms with van der Waals surface area (Å²) in [5, 5.41) is 5.74. The first-order valence-electron chi connectivity index (χ1n) is 4.90. The Balaban J connectivity index is 2.30. The Morgan fingerprint density at radius 2 is 1.94 bits per heavy atom. The number of benzene rings is 1. The van der Waals surface area contributed by atoms with Gasteiger partial charge in [-0.2, -0.15) is 15.0 Å². The van der Waals surface area contributed by atoms with Gasteiger partial charge in [0.25, 0.3) is 0 Å². The van der Waals surface area contributed by atoms with Crippen LogP contribution in [0.15, 0.2) is 22.7 Å². The maximum atomic E-state index is 12.9. The first-order valence-corrected chi connectivity index (χ1v) is 6.07. The maximum absolute atomic E-state index is 12.9. The zero-order valence-electron chi connectivity index (χ0n) is 9.21. The fourth-order valence-corrected chi connectivity index (χ4v) is 1.84. The van der Waals surface area contributed by atoms with E-state index < -0.39 is 0 Å². The molecule has 94 valence electrons. The van der Waals surface area contributed by atoms with E-state index in [4.69, 9.17) is 11.6 Å². The second-order valence-corrected chi connectivity index (χ2v) is 4.44. The van der Waals surface area contributed by atoms with Gasteiger partial charge in [0.2, 0.25) is 17.2 Å². The number of nitrogens with zero attached hydrogens (tertiary/aromatic N) is 3. The highest BCUT2D eigenvalue weighted by Gasteiger charge is 2.07. The summed E-state index contributed by atoms with van der Waals surface area (Å²) in [4.78, 5) is 11.8. The van der Waals surface area contributed by atoms with Crippen LogP contribution in [-0.2, 0) is 0 Å². The molecule has 1 heterocycles. The summed E-state index contributed by atoms with van der Waals surface area (Å²) in [6, 6.07) is 4.23. The van der Waals surface area contributed by atoms with Gasteiger partial charge in [0.1, 0.15) is 5.82 Å². The Kier molecular flexibility index (Phi) is 3.93. The summed E-state index contributed by atoms with van der Waals surface area (Å²) in [5.41, 5.74) is 0.626. The lowest BCUT2D eigenvalue weighted by atomic mass is 10.3. The molecule has 5 nitrogen and oxygen atoms in total. The van der Waals surface area contributed by atoms with Crippen molar-refractivity contribution < 1.29 is 4.39 Å². The van der Waals surface area contributed by atoms with Gasteiger partial charge in [-0.15, -0.1) is 0 Å². The largest absolute Gasteiger partial charge is 0.357 e. The summed E-state index contributed by atoms with van der Waals surface area (Å²) in [6.07, 6.45) is 0. The quantitative estimate of drug-likeness (QED) is 0.903. The van der Waals surface area contributed by atoms with Crippen LogP contribution in [0.3, 0.4) is 0 Å². The van der Waals surface area contributed by atoms with Crippen LogP contribution in [0.5, 0.6) is 0 Å². The molecule has 2 rings (SSSR count). The molecule has 18 heavy (non-hydrogen) atoms. The molecule has 0 unspecified atom stereocenters. The fraction of sp³-hybridized carbons (Fsp3) is 0.100. The van der Waals surface area contributed by atoms with Gasteiger partial charge in [-0.3, -0.25) is 0 Å². The molecule has 0 aliphatic rings. The number of nitrogens with one attached hydrogen (secondary N) is 2. The van der Waals surface area contributed by atoms with E-state index in [1.165, 1.54) is 12.1 Å². The summed E-state index contributed by atoms with van der Waals surface area (Å²) in [5.74, 6) is 0.277. The molecular formula is C10H8BrClFN5. The first kappa shape index (κ1) is 13.0. The zero-order chi connectivity index (χ0) is 13.1. The van der Waals surface area contributed by atoms with E-state index >= 15 is 0 Å². The van der Waals surface area contributed by atoms with Gasteiger partial charge in [0.15, 0.2) is 0 Å². The third kappa shape index (κ3) is 3.05. The molecule has 0 radical (unpaired) electrons. The second-order valence-electron chi connectivity index (χ2n) is 3.25. The fourth-order valence-electron chi connectivity index (χ4n) is 1.23.